The molecule has 0 aliphatic heterocycles. The first kappa shape index (κ1) is 19.9. The zero-order chi connectivity index (χ0) is 15.6. The van der Waals surface area contributed by atoms with Crippen molar-refractivity contribution in [2.45, 2.75) is 90.4 Å². The number of hydrogen-bond donors (Lipinski definition) is 1. The molecular formula is C19H34O2. The van der Waals surface area contributed by atoms with Crippen LogP contribution in [0.3, 0.4) is 0 Å². The van der Waals surface area contributed by atoms with E-state index in [0.717, 1.165) is 6.42 Å². The van der Waals surface area contributed by atoms with Gasteiger partial charge in [0.2, 0.25) is 0 Å². The average molecular weight is 294 g/mol. The summed E-state index contributed by atoms with van der Waals surface area (Å²) >= 11 is 0. The molecule has 0 aromatic heterocycles. The standard InChI is InChI=1S/C19H34O2/c1-2-3-4-5-6-7-8-9-10-11-12-13-14-15-16-17-18-19(20)21/h15-18H,2-14H2,1H3,(H,20,21)/b16-15?,18-17+. The highest BCUT2D eigenvalue weighted by atomic mass is 16.4. The van der Waals surface area contributed by atoms with Crippen molar-refractivity contribution in [3.8, 4) is 0 Å². The van der Waals surface area contributed by atoms with E-state index in [9.17, 15) is 4.79 Å². The lowest BCUT2D eigenvalue weighted by molar-refractivity contribution is -0.131. The highest BCUT2D eigenvalue weighted by Crippen LogP contribution is 2.12. The van der Waals surface area contributed by atoms with Gasteiger partial charge in [0.1, 0.15) is 0 Å². The second-order valence-corrected chi connectivity index (χ2v) is 5.80. The summed E-state index contributed by atoms with van der Waals surface area (Å²) in [5.74, 6) is -0.884. The molecule has 0 unspecified atom stereocenters. The van der Waals surface area contributed by atoms with E-state index in [1.807, 2.05) is 6.08 Å². The first-order valence-corrected chi connectivity index (χ1v) is 8.83. The summed E-state index contributed by atoms with van der Waals surface area (Å²) in [5.41, 5.74) is 0. The van der Waals surface area contributed by atoms with Crippen molar-refractivity contribution in [3.63, 3.8) is 0 Å². The Hall–Kier alpha value is -1.05. The van der Waals surface area contributed by atoms with Crippen molar-refractivity contribution >= 4 is 5.97 Å². The van der Waals surface area contributed by atoms with Crippen LogP contribution in [-0.2, 0) is 4.79 Å². The molecule has 0 radical (unpaired) electrons. The monoisotopic (exact) mass is 294 g/mol. The van der Waals surface area contributed by atoms with Gasteiger partial charge in [0.05, 0.1) is 0 Å². The molecule has 0 aliphatic rings. The van der Waals surface area contributed by atoms with Gasteiger partial charge in [-0.3, -0.25) is 0 Å². The molecule has 0 saturated carbocycles. The third-order valence-electron chi connectivity index (χ3n) is 3.71. The number of rotatable bonds is 15. The molecule has 122 valence electrons. The van der Waals surface area contributed by atoms with E-state index < -0.39 is 5.97 Å². The second kappa shape index (κ2) is 17.0. The van der Waals surface area contributed by atoms with Crippen molar-refractivity contribution in [1.82, 2.24) is 0 Å². The molecule has 2 heteroatoms. The predicted octanol–water partition coefficient (Wildman–Crippen LogP) is 6.27. The van der Waals surface area contributed by atoms with Gasteiger partial charge in [-0.25, -0.2) is 4.79 Å². The Labute approximate surface area is 131 Å². The molecule has 0 spiro atoms. The van der Waals surface area contributed by atoms with Crippen molar-refractivity contribution in [2.24, 2.45) is 0 Å². The van der Waals surface area contributed by atoms with Gasteiger partial charge in [-0.2, -0.15) is 0 Å². The maximum absolute atomic E-state index is 10.2. The van der Waals surface area contributed by atoms with Crippen LogP contribution in [0.1, 0.15) is 90.4 Å². The molecule has 2 nitrogen and oxygen atoms in total. The Bertz CT molecular complexity index is 279. The smallest absolute Gasteiger partial charge is 0.328 e. The van der Waals surface area contributed by atoms with Gasteiger partial charge in [0.25, 0.3) is 0 Å². The van der Waals surface area contributed by atoms with Gasteiger partial charge >= 0.3 is 5.97 Å². The number of aliphatic carboxylic acids is 1. The summed E-state index contributed by atoms with van der Waals surface area (Å²) in [6.07, 6.45) is 24.2. The van der Waals surface area contributed by atoms with Crippen LogP contribution in [0.4, 0.5) is 0 Å². The Morgan fingerprint density at radius 2 is 1.24 bits per heavy atom. The van der Waals surface area contributed by atoms with Gasteiger partial charge < -0.3 is 5.11 Å². The average Bonchev–Trinajstić information content (AvgIpc) is 2.46. The van der Waals surface area contributed by atoms with Crippen molar-refractivity contribution in [2.75, 3.05) is 0 Å². The zero-order valence-electron chi connectivity index (χ0n) is 13.9. The third-order valence-corrected chi connectivity index (χ3v) is 3.71. The first-order chi connectivity index (χ1) is 10.3. The number of carbonyl (C=O) groups is 1. The van der Waals surface area contributed by atoms with Gasteiger partial charge in [-0.1, -0.05) is 95.8 Å². The molecule has 0 aromatic rings. The third kappa shape index (κ3) is 18.9. The van der Waals surface area contributed by atoms with Gasteiger partial charge in [-0.05, 0) is 12.8 Å². The molecule has 1 N–H and O–H groups in total. The lowest BCUT2D eigenvalue weighted by Crippen LogP contribution is -1.84. The fraction of sp³-hybridized carbons (Fsp3) is 0.737. The van der Waals surface area contributed by atoms with Crippen LogP contribution in [0.25, 0.3) is 0 Å². The molecule has 0 fully saturated rings. The zero-order valence-corrected chi connectivity index (χ0v) is 13.9. The molecule has 0 heterocycles. The minimum Gasteiger partial charge on any atom is -0.478 e. The van der Waals surface area contributed by atoms with Gasteiger partial charge in [-0.15, -0.1) is 0 Å². The Kier molecular flexibility index (Phi) is 16.2. The van der Waals surface area contributed by atoms with E-state index in [2.05, 4.69) is 13.0 Å². The van der Waals surface area contributed by atoms with Crippen LogP contribution in [0.2, 0.25) is 0 Å². The van der Waals surface area contributed by atoms with Crippen LogP contribution in [-0.4, -0.2) is 11.1 Å². The number of allylic oxidation sites excluding steroid dienone is 3. The number of carboxylic acids is 1. The minimum absolute atomic E-state index is 0.884. The summed E-state index contributed by atoms with van der Waals surface area (Å²) in [5, 5.41) is 8.41. The van der Waals surface area contributed by atoms with E-state index in [1.54, 1.807) is 6.08 Å². The summed E-state index contributed by atoms with van der Waals surface area (Å²) in [6, 6.07) is 0. The molecular weight excluding hydrogens is 260 g/mol. The van der Waals surface area contributed by atoms with Crippen LogP contribution in [0.5, 0.6) is 0 Å². The van der Waals surface area contributed by atoms with E-state index in [-0.39, 0.29) is 0 Å². The van der Waals surface area contributed by atoms with Crippen molar-refractivity contribution in [3.05, 3.63) is 24.3 Å². The second-order valence-electron chi connectivity index (χ2n) is 5.80. The van der Waals surface area contributed by atoms with E-state index in [0.29, 0.717) is 0 Å². The quantitative estimate of drug-likeness (QED) is 0.219. The molecule has 21 heavy (non-hydrogen) atoms. The van der Waals surface area contributed by atoms with Crippen LogP contribution in [0.15, 0.2) is 24.3 Å². The van der Waals surface area contributed by atoms with E-state index in [4.69, 9.17) is 5.11 Å². The van der Waals surface area contributed by atoms with Crippen LogP contribution in [0, 0.1) is 0 Å². The maximum Gasteiger partial charge on any atom is 0.328 e. The summed E-state index contributed by atoms with van der Waals surface area (Å²) < 4.78 is 0. The van der Waals surface area contributed by atoms with Gasteiger partial charge in [0, 0.05) is 6.08 Å². The first-order valence-electron chi connectivity index (χ1n) is 8.83. The number of carboxylic acid groups (broad SMARTS) is 1. The lowest BCUT2D eigenvalue weighted by atomic mass is 10.0. The fourth-order valence-corrected chi connectivity index (χ4v) is 2.42. The van der Waals surface area contributed by atoms with Crippen molar-refractivity contribution < 1.29 is 9.90 Å². The number of hydrogen-bond acceptors (Lipinski definition) is 1. The van der Waals surface area contributed by atoms with E-state index >= 15 is 0 Å². The molecule has 0 bridgehead atoms. The molecule has 0 aromatic carbocycles. The van der Waals surface area contributed by atoms with Crippen LogP contribution >= 0.6 is 0 Å². The normalized spacial score (nSPS) is 11.7. The number of unbranched alkanes of at least 4 members (excludes halogenated alkanes) is 12. The van der Waals surface area contributed by atoms with E-state index in [1.165, 1.54) is 83.1 Å². The topological polar surface area (TPSA) is 37.3 Å². The molecule has 0 rings (SSSR count). The highest BCUT2D eigenvalue weighted by molar-refractivity contribution is 5.80. The summed E-state index contributed by atoms with van der Waals surface area (Å²) in [4.78, 5) is 10.2. The maximum atomic E-state index is 10.2. The van der Waals surface area contributed by atoms with Gasteiger partial charge in [0.15, 0.2) is 0 Å². The minimum atomic E-state index is -0.884. The van der Waals surface area contributed by atoms with Crippen molar-refractivity contribution in [1.29, 1.82) is 0 Å². The Morgan fingerprint density at radius 1 is 0.762 bits per heavy atom. The van der Waals surface area contributed by atoms with Crippen LogP contribution < -0.4 is 0 Å². The summed E-state index contributed by atoms with van der Waals surface area (Å²) in [7, 11) is 0. The fourth-order valence-electron chi connectivity index (χ4n) is 2.42. The molecule has 0 aliphatic carbocycles. The Balaban J connectivity index is 3.10. The molecule has 0 atom stereocenters. The highest BCUT2D eigenvalue weighted by Gasteiger charge is 1.92. The summed E-state index contributed by atoms with van der Waals surface area (Å²) in [6.45, 7) is 2.27. The largest absolute Gasteiger partial charge is 0.478 e. The Morgan fingerprint density at radius 3 is 1.71 bits per heavy atom. The SMILES string of the molecule is CCCCCCCCCCCCCCC=C/C=C/C(=O)O. The molecule has 0 saturated heterocycles. The lowest BCUT2D eigenvalue weighted by Gasteiger charge is -2.02. The molecule has 0 amide bonds. The predicted molar refractivity (Wildman–Crippen MR) is 91.6 cm³/mol.